The van der Waals surface area contributed by atoms with Crippen molar-refractivity contribution >= 4 is 21.6 Å². The molecule has 0 unspecified atom stereocenters. The molecular formula is C13H15FN4O4S. The predicted octanol–water partition coefficient (Wildman–Crippen LogP) is 0.600. The molecule has 124 valence electrons. The maximum Gasteiger partial charge on any atom is 0.241 e. The molecule has 1 amide bonds. The van der Waals surface area contributed by atoms with E-state index in [0.717, 1.165) is 16.6 Å². The summed E-state index contributed by atoms with van der Waals surface area (Å²) >= 11 is 0. The number of carbonyl (C=O) groups is 1. The largest absolute Gasteiger partial charge is 0.424 e. The summed E-state index contributed by atoms with van der Waals surface area (Å²) in [4.78, 5) is 11.9. The average molecular weight is 342 g/mol. The number of halogens is 1. The van der Waals surface area contributed by atoms with E-state index >= 15 is 0 Å². The summed E-state index contributed by atoms with van der Waals surface area (Å²) in [7, 11) is -3.75. The minimum Gasteiger partial charge on any atom is -0.424 e. The monoisotopic (exact) mass is 342 g/mol. The number of aromatic nitrogens is 2. The standard InChI is InChI=1S/C13H15FN4O4S/c1-9-16-17-13(22-9)7-15-12(19)8-18(23(2,20)21)11-5-3-4-10(14)6-11/h3-6H,7-8H2,1-2H3,(H,15,19). The van der Waals surface area contributed by atoms with Gasteiger partial charge in [-0.3, -0.25) is 9.10 Å². The van der Waals surface area contributed by atoms with E-state index in [1.54, 1.807) is 6.92 Å². The molecule has 1 heterocycles. The molecule has 1 aromatic carbocycles. The number of sulfonamides is 1. The Labute approximate surface area is 132 Å². The Bertz CT molecular complexity index is 806. The lowest BCUT2D eigenvalue weighted by atomic mass is 10.3. The van der Waals surface area contributed by atoms with E-state index < -0.39 is 28.3 Å². The number of hydrogen-bond donors (Lipinski definition) is 1. The molecule has 0 saturated carbocycles. The zero-order valence-electron chi connectivity index (χ0n) is 12.5. The van der Waals surface area contributed by atoms with E-state index in [-0.39, 0.29) is 18.1 Å². The zero-order valence-corrected chi connectivity index (χ0v) is 13.3. The van der Waals surface area contributed by atoms with Crippen molar-refractivity contribution in [1.82, 2.24) is 15.5 Å². The number of amides is 1. The molecule has 0 aliphatic heterocycles. The summed E-state index contributed by atoms with van der Waals surface area (Å²) in [5.41, 5.74) is 0.0660. The molecule has 23 heavy (non-hydrogen) atoms. The van der Waals surface area contributed by atoms with Crippen molar-refractivity contribution in [2.24, 2.45) is 0 Å². The van der Waals surface area contributed by atoms with Gasteiger partial charge in [0.2, 0.25) is 27.7 Å². The lowest BCUT2D eigenvalue weighted by molar-refractivity contribution is -0.119. The number of nitrogens with one attached hydrogen (secondary N) is 1. The molecule has 2 aromatic rings. The molecule has 0 fully saturated rings. The van der Waals surface area contributed by atoms with Crippen LogP contribution < -0.4 is 9.62 Å². The van der Waals surface area contributed by atoms with Crippen molar-refractivity contribution in [3.63, 3.8) is 0 Å². The Morgan fingerprint density at radius 2 is 2.13 bits per heavy atom. The van der Waals surface area contributed by atoms with E-state index in [2.05, 4.69) is 15.5 Å². The molecule has 0 spiro atoms. The van der Waals surface area contributed by atoms with Gasteiger partial charge < -0.3 is 9.73 Å². The Morgan fingerprint density at radius 3 is 2.70 bits per heavy atom. The zero-order chi connectivity index (χ0) is 17.0. The average Bonchev–Trinajstić information content (AvgIpc) is 2.87. The molecule has 1 N–H and O–H groups in total. The van der Waals surface area contributed by atoms with Crippen molar-refractivity contribution < 1.29 is 22.0 Å². The minimum atomic E-state index is -3.75. The molecule has 2 rings (SSSR count). The van der Waals surface area contributed by atoms with E-state index in [1.807, 2.05) is 0 Å². The first-order valence-corrected chi connectivity index (χ1v) is 8.39. The van der Waals surface area contributed by atoms with E-state index in [0.29, 0.717) is 5.89 Å². The fourth-order valence-electron chi connectivity index (χ4n) is 1.80. The van der Waals surface area contributed by atoms with Gasteiger partial charge in [0, 0.05) is 6.92 Å². The van der Waals surface area contributed by atoms with Crippen LogP contribution in [0.2, 0.25) is 0 Å². The SMILES string of the molecule is Cc1nnc(CNC(=O)CN(c2cccc(F)c2)S(C)(=O)=O)o1. The third kappa shape index (κ3) is 4.74. The summed E-state index contributed by atoms with van der Waals surface area (Å²) in [5, 5.41) is 9.77. The second-order valence-corrected chi connectivity index (χ2v) is 6.65. The van der Waals surface area contributed by atoms with Crippen LogP contribution in [0.25, 0.3) is 0 Å². The number of aryl methyl sites for hydroxylation is 1. The molecule has 8 nitrogen and oxygen atoms in total. The van der Waals surface area contributed by atoms with Gasteiger partial charge in [-0.05, 0) is 18.2 Å². The van der Waals surface area contributed by atoms with E-state index in [9.17, 15) is 17.6 Å². The molecule has 0 aliphatic rings. The number of hydrogen-bond acceptors (Lipinski definition) is 6. The van der Waals surface area contributed by atoms with Gasteiger partial charge in [0.25, 0.3) is 0 Å². The first-order valence-electron chi connectivity index (χ1n) is 6.54. The van der Waals surface area contributed by atoms with Gasteiger partial charge in [-0.1, -0.05) is 6.07 Å². The molecule has 0 aliphatic carbocycles. The third-order valence-corrected chi connectivity index (χ3v) is 3.93. The van der Waals surface area contributed by atoms with Crippen molar-refractivity contribution in [3.05, 3.63) is 41.9 Å². The molecule has 10 heteroatoms. The summed E-state index contributed by atoms with van der Waals surface area (Å²) in [5.74, 6) is -0.632. The van der Waals surface area contributed by atoms with Crippen LogP contribution in [-0.4, -0.2) is 37.3 Å². The summed E-state index contributed by atoms with van der Waals surface area (Å²) in [6.45, 7) is 1.09. The smallest absolute Gasteiger partial charge is 0.241 e. The minimum absolute atomic E-state index is 0.0274. The van der Waals surface area contributed by atoms with Crippen LogP contribution in [0.5, 0.6) is 0 Å². The molecule has 0 atom stereocenters. The quantitative estimate of drug-likeness (QED) is 0.824. The topological polar surface area (TPSA) is 105 Å². The second kappa shape index (κ2) is 6.73. The Morgan fingerprint density at radius 1 is 1.39 bits per heavy atom. The van der Waals surface area contributed by atoms with Crippen molar-refractivity contribution in [2.75, 3.05) is 17.1 Å². The Kier molecular flexibility index (Phi) is 4.94. The van der Waals surface area contributed by atoms with Crippen molar-refractivity contribution in [3.8, 4) is 0 Å². The van der Waals surface area contributed by atoms with Gasteiger partial charge >= 0.3 is 0 Å². The predicted molar refractivity (Wildman–Crippen MR) is 79.5 cm³/mol. The van der Waals surface area contributed by atoms with Crippen LogP contribution in [0.1, 0.15) is 11.8 Å². The molecular weight excluding hydrogens is 327 g/mol. The maximum absolute atomic E-state index is 13.3. The maximum atomic E-state index is 13.3. The van der Waals surface area contributed by atoms with Crippen LogP contribution >= 0.6 is 0 Å². The summed E-state index contributed by atoms with van der Waals surface area (Å²) in [6.07, 6.45) is 0.937. The molecule has 0 bridgehead atoms. The lowest BCUT2D eigenvalue weighted by Gasteiger charge is -2.21. The normalized spacial score (nSPS) is 11.3. The van der Waals surface area contributed by atoms with Gasteiger partial charge in [0.05, 0.1) is 18.5 Å². The Balaban J connectivity index is 2.07. The number of rotatable bonds is 6. The van der Waals surface area contributed by atoms with Gasteiger partial charge in [0.1, 0.15) is 12.4 Å². The third-order valence-electron chi connectivity index (χ3n) is 2.79. The van der Waals surface area contributed by atoms with Crippen molar-refractivity contribution in [1.29, 1.82) is 0 Å². The summed E-state index contributed by atoms with van der Waals surface area (Å²) < 4.78 is 42.9. The van der Waals surface area contributed by atoms with Crippen LogP contribution in [0, 0.1) is 12.7 Å². The number of anilines is 1. The second-order valence-electron chi connectivity index (χ2n) is 4.74. The van der Waals surface area contributed by atoms with Crippen LogP contribution in [-0.2, 0) is 21.4 Å². The van der Waals surface area contributed by atoms with Crippen LogP contribution in [0.15, 0.2) is 28.7 Å². The Hall–Kier alpha value is -2.49. The fraction of sp³-hybridized carbons (Fsp3) is 0.308. The molecule has 1 aromatic heterocycles. The van der Waals surface area contributed by atoms with Gasteiger partial charge in [-0.2, -0.15) is 0 Å². The highest BCUT2D eigenvalue weighted by Crippen LogP contribution is 2.18. The van der Waals surface area contributed by atoms with Crippen LogP contribution in [0.4, 0.5) is 10.1 Å². The van der Waals surface area contributed by atoms with Gasteiger partial charge in [-0.25, -0.2) is 12.8 Å². The number of benzene rings is 1. The molecule has 0 saturated heterocycles. The highest BCUT2D eigenvalue weighted by Gasteiger charge is 2.21. The van der Waals surface area contributed by atoms with Crippen molar-refractivity contribution in [2.45, 2.75) is 13.5 Å². The van der Waals surface area contributed by atoms with Crippen LogP contribution in [0.3, 0.4) is 0 Å². The number of carbonyl (C=O) groups excluding carboxylic acids is 1. The number of nitrogens with zero attached hydrogens (tertiary/aromatic N) is 3. The first-order chi connectivity index (χ1) is 10.8. The first kappa shape index (κ1) is 16.9. The molecule has 0 radical (unpaired) electrons. The van der Waals surface area contributed by atoms with E-state index in [1.165, 1.54) is 18.2 Å². The highest BCUT2D eigenvalue weighted by atomic mass is 32.2. The lowest BCUT2D eigenvalue weighted by Crippen LogP contribution is -2.40. The van der Waals surface area contributed by atoms with Gasteiger partial charge in [-0.15, -0.1) is 10.2 Å². The summed E-state index contributed by atoms with van der Waals surface area (Å²) in [6, 6.07) is 4.98. The van der Waals surface area contributed by atoms with E-state index in [4.69, 9.17) is 4.42 Å². The fourth-order valence-corrected chi connectivity index (χ4v) is 2.65. The highest BCUT2D eigenvalue weighted by molar-refractivity contribution is 7.92. The van der Waals surface area contributed by atoms with Gasteiger partial charge in [0.15, 0.2) is 0 Å².